The molecular weight excluding hydrogens is 344 g/mol. The van der Waals surface area contributed by atoms with Crippen LogP contribution in [-0.4, -0.2) is 17.6 Å². The summed E-state index contributed by atoms with van der Waals surface area (Å²) < 4.78 is 5.62. The number of ether oxygens (including phenoxy) is 1. The van der Waals surface area contributed by atoms with Gasteiger partial charge in [0.05, 0.1) is 0 Å². The van der Waals surface area contributed by atoms with Crippen LogP contribution in [0.25, 0.3) is 0 Å². The third-order valence-corrected chi connectivity index (χ3v) is 4.33. The van der Waals surface area contributed by atoms with Gasteiger partial charge < -0.3 is 10.1 Å². The lowest BCUT2D eigenvalue weighted by molar-refractivity contribution is -0.121. The van der Waals surface area contributed by atoms with Gasteiger partial charge in [-0.1, -0.05) is 44.2 Å². The number of benzene rings is 2. The largest absolute Gasteiger partial charge is 0.483 e. The summed E-state index contributed by atoms with van der Waals surface area (Å²) >= 11 is 5.30. The maximum Gasteiger partial charge on any atom is 0.264 e. The number of para-hydroxylation sites is 1. The van der Waals surface area contributed by atoms with Crippen LogP contribution in [0.4, 0.5) is 5.69 Å². The highest BCUT2D eigenvalue weighted by molar-refractivity contribution is 7.80. The highest BCUT2D eigenvalue weighted by Gasteiger charge is 2.12. The third-order valence-electron chi connectivity index (χ3n) is 4.12. The van der Waals surface area contributed by atoms with Gasteiger partial charge in [-0.15, -0.1) is 0 Å². The number of amides is 1. The molecule has 2 rings (SSSR count). The van der Waals surface area contributed by atoms with Gasteiger partial charge in [0.25, 0.3) is 5.91 Å². The fourth-order valence-corrected chi connectivity index (χ4v) is 2.87. The second-order valence-electron chi connectivity index (χ2n) is 6.75. The van der Waals surface area contributed by atoms with Gasteiger partial charge in [-0.25, -0.2) is 0 Å². The van der Waals surface area contributed by atoms with Crippen molar-refractivity contribution < 1.29 is 9.53 Å². The predicted molar refractivity (Wildman–Crippen MR) is 111 cm³/mol. The molecule has 5 heteroatoms. The average molecular weight is 371 g/mol. The van der Waals surface area contributed by atoms with Crippen LogP contribution < -0.4 is 15.4 Å². The molecule has 2 N–H and O–H groups in total. The van der Waals surface area contributed by atoms with E-state index in [-0.39, 0.29) is 17.6 Å². The van der Waals surface area contributed by atoms with Crippen molar-refractivity contribution in [3.8, 4) is 5.75 Å². The van der Waals surface area contributed by atoms with E-state index in [1.165, 1.54) is 0 Å². The van der Waals surface area contributed by atoms with E-state index in [1.807, 2.05) is 51.1 Å². The van der Waals surface area contributed by atoms with E-state index in [1.54, 1.807) is 0 Å². The normalized spacial score (nSPS) is 10.5. The minimum atomic E-state index is -0.289. The van der Waals surface area contributed by atoms with E-state index < -0.39 is 0 Å². The zero-order valence-corrected chi connectivity index (χ0v) is 16.8. The molecule has 1 amide bonds. The van der Waals surface area contributed by atoms with Gasteiger partial charge in [-0.05, 0) is 67.2 Å². The van der Waals surface area contributed by atoms with E-state index in [2.05, 4.69) is 30.5 Å². The summed E-state index contributed by atoms with van der Waals surface area (Å²) in [6, 6.07) is 12.0. The molecule has 0 aliphatic heterocycles. The van der Waals surface area contributed by atoms with Crippen molar-refractivity contribution in [1.82, 2.24) is 5.32 Å². The van der Waals surface area contributed by atoms with Crippen LogP contribution in [-0.2, 0) is 4.79 Å². The molecule has 0 radical (unpaired) electrons. The van der Waals surface area contributed by atoms with Crippen molar-refractivity contribution in [3.05, 3.63) is 58.7 Å². The van der Waals surface area contributed by atoms with Crippen LogP contribution in [0.5, 0.6) is 5.75 Å². The highest BCUT2D eigenvalue weighted by atomic mass is 32.1. The number of aryl methyl sites for hydroxylation is 3. The SMILES string of the molecule is Cc1ccc(C)c(OCC(=O)NC(=S)Nc2c(C)cccc2C(C)C)c1. The molecule has 0 aromatic heterocycles. The Hall–Kier alpha value is -2.40. The molecular formula is C21H26N2O2S. The number of carbonyl (C=O) groups excluding carboxylic acids is 1. The van der Waals surface area contributed by atoms with Gasteiger partial charge in [-0.2, -0.15) is 0 Å². The second-order valence-corrected chi connectivity index (χ2v) is 7.16. The molecule has 0 saturated carbocycles. The van der Waals surface area contributed by atoms with Crippen LogP contribution in [0.1, 0.15) is 42.0 Å². The summed E-state index contributed by atoms with van der Waals surface area (Å²) in [7, 11) is 0. The number of hydrogen-bond acceptors (Lipinski definition) is 3. The van der Waals surface area contributed by atoms with Crippen LogP contribution in [0.3, 0.4) is 0 Å². The summed E-state index contributed by atoms with van der Waals surface area (Å²) in [4.78, 5) is 12.2. The van der Waals surface area contributed by atoms with Crippen LogP contribution in [0.2, 0.25) is 0 Å². The van der Waals surface area contributed by atoms with Crippen molar-refractivity contribution >= 4 is 28.9 Å². The fourth-order valence-electron chi connectivity index (χ4n) is 2.66. The lowest BCUT2D eigenvalue weighted by Gasteiger charge is -2.18. The second kappa shape index (κ2) is 8.81. The molecule has 0 atom stereocenters. The zero-order chi connectivity index (χ0) is 19.3. The molecule has 0 aliphatic carbocycles. The van der Waals surface area contributed by atoms with E-state index >= 15 is 0 Å². The van der Waals surface area contributed by atoms with E-state index in [9.17, 15) is 4.79 Å². The zero-order valence-electron chi connectivity index (χ0n) is 16.0. The molecule has 2 aromatic rings. The van der Waals surface area contributed by atoms with Gasteiger partial charge in [0.2, 0.25) is 0 Å². The Morgan fingerprint density at radius 1 is 1.12 bits per heavy atom. The first kappa shape index (κ1) is 19.9. The molecule has 2 aromatic carbocycles. The fraction of sp³-hybridized carbons (Fsp3) is 0.333. The third kappa shape index (κ3) is 5.30. The molecule has 0 heterocycles. The van der Waals surface area contributed by atoms with Crippen molar-refractivity contribution in [2.75, 3.05) is 11.9 Å². The lowest BCUT2D eigenvalue weighted by atomic mass is 9.98. The maximum atomic E-state index is 12.2. The molecule has 4 nitrogen and oxygen atoms in total. The Morgan fingerprint density at radius 3 is 2.54 bits per heavy atom. The van der Waals surface area contributed by atoms with Gasteiger partial charge in [-0.3, -0.25) is 10.1 Å². The quantitative estimate of drug-likeness (QED) is 0.754. The first-order chi connectivity index (χ1) is 12.3. The van der Waals surface area contributed by atoms with E-state index in [4.69, 9.17) is 17.0 Å². The number of hydrogen-bond donors (Lipinski definition) is 2. The molecule has 26 heavy (non-hydrogen) atoms. The first-order valence-corrected chi connectivity index (χ1v) is 9.09. The minimum Gasteiger partial charge on any atom is -0.483 e. The average Bonchev–Trinajstić information content (AvgIpc) is 2.57. The summed E-state index contributed by atoms with van der Waals surface area (Å²) in [5, 5.41) is 6.11. The molecule has 138 valence electrons. The number of anilines is 1. The predicted octanol–water partition coefficient (Wildman–Crippen LogP) is 4.63. The Bertz CT molecular complexity index is 816. The Balaban J connectivity index is 1.96. The summed E-state index contributed by atoms with van der Waals surface area (Å²) in [6.45, 7) is 10.1. The summed E-state index contributed by atoms with van der Waals surface area (Å²) in [5.41, 5.74) is 5.27. The minimum absolute atomic E-state index is 0.0864. The molecule has 0 spiro atoms. The van der Waals surface area contributed by atoms with Crippen LogP contribution in [0, 0.1) is 20.8 Å². The monoisotopic (exact) mass is 370 g/mol. The smallest absolute Gasteiger partial charge is 0.264 e. The van der Waals surface area contributed by atoms with Gasteiger partial charge in [0.1, 0.15) is 5.75 Å². The van der Waals surface area contributed by atoms with Crippen LogP contribution in [0.15, 0.2) is 36.4 Å². The molecule has 0 fully saturated rings. The molecule has 0 unspecified atom stereocenters. The van der Waals surface area contributed by atoms with Gasteiger partial charge in [0, 0.05) is 5.69 Å². The maximum absolute atomic E-state index is 12.2. The number of carbonyl (C=O) groups is 1. The van der Waals surface area contributed by atoms with Gasteiger partial charge in [0.15, 0.2) is 11.7 Å². The van der Waals surface area contributed by atoms with E-state index in [0.717, 1.165) is 27.9 Å². The lowest BCUT2D eigenvalue weighted by Crippen LogP contribution is -2.37. The Labute approximate surface area is 161 Å². The first-order valence-electron chi connectivity index (χ1n) is 8.68. The topological polar surface area (TPSA) is 50.4 Å². The van der Waals surface area contributed by atoms with E-state index in [0.29, 0.717) is 11.7 Å². The number of nitrogens with one attached hydrogen (secondary N) is 2. The molecule has 0 aliphatic rings. The van der Waals surface area contributed by atoms with Gasteiger partial charge >= 0.3 is 0 Å². The number of rotatable bonds is 5. The van der Waals surface area contributed by atoms with Crippen LogP contribution >= 0.6 is 12.2 Å². The summed E-state index contributed by atoms with van der Waals surface area (Å²) in [5.74, 6) is 0.770. The van der Waals surface area contributed by atoms with Crippen molar-refractivity contribution in [2.45, 2.75) is 40.5 Å². The van der Waals surface area contributed by atoms with Crippen molar-refractivity contribution in [1.29, 1.82) is 0 Å². The molecule has 0 saturated heterocycles. The van der Waals surface area contributed by atoms with Crippen molar-refractivity contribution in [3.63, 3.8) is 0 Å². The van der Waals surface area contributed by atoms with Crippen molar-refractivity contribution in [2.24, 2.45) is 0 Å². The molecule has 0 bridgehead atoms. The Kier molecular flexibility index (Phi) is 6.75. The Morgan fingerprint density at radius 2 is 1.85 bits per heavy atom. The summed E-state index contributed by atoms with van der Waals surface area (Å²) in [6.07, 6.45) is 0. The highest BCUT2D eigenvalue weighted by Crippen LogP contribution is 2.27. The standard InChI is InChI=1S/C21H26N2O2S/c1-13(2)17-8-6-7-16(5)20(17)23-21(26)22-19(24)12-25-18-11-14(3)9-10-15(18)4/h6-11,13H,12H2,1-5H3,(H2,22,23,24,26). The number of thiocarbonyl (C=S) groups is 1.